The van der Waals surface area contributed by atoms with Crippen LogP contribution in [0.5, 0.6) is 0 Å². The number of aryl methyl sites for hydroxylation is 1. The third kappa shape index (κ3) is 3.28. The molecular weight excluding hydrogens is 326 g/mol. The van der Waals surface area contributed by atoms with E-state index in [9.17, 15) is 4.79 Å². The Hall–Kier alpha value is -2.86. The summed E-state index contributed by atoms with van der Waals surface area (Å²) in [5.41, 5.74) is 3.66. The highest BCUT2D eigenvalue weighted by Crippen LogP contribution is 2.23. The quantitative estimate of drug-likeness (QED) is 0.888. The van der Waals surface area contributed by atoms with Crippen LogP contribution in [0.2, 0.25) is 0 Å². The van der Waals surface area contributed by atoms with Gasteiger partial charge in [0.15, 0.2) is 0 Å². The molecule has 1 aromatic heterocycles. The fraction of sp³-hybridized carbons (Fsp3) is 0.300. The second kappa shape index (κ2) is 6.80. The van der Waals surface area contributed by atoms with Crippen molar-refractivity contribution < 1.29 is 4.79 Å². The van der Waals surface area contributed by atoms with E-state index in [4.69, 9.17) is 0 Å². The van der Waals surface area contributed by atoms with Gasteiger partial charge in [0.1, 0.15) is 0 Å². The number of carbonyl (C=O) groups is 1. The summed E-state index contributed by atoms with van der Waals surface area (Å²) in [6.45, 7) is 6.94. The van der Waals surface area contributed by atoms with Crippen LogP contribution < -0.4 is 5.32 Å². The smallest absolute Gasteiger partial charge is 0.257 e. The van der Waals surface area contributed by atoms with Gasteiger partial charge in [-0.2, -0.15) is 0 Å². The average molecular weight is 349 g/mol. The van der Waals surface area contributed by atoms with Gasteiger partial charge in [0.2, 0.25) is 0 Å². The largest absolute Gasteiger partial charge is 0.368 e. The van der Waals surface area contributed by atoms with Crippen LogP contribution in [0.25, 0.3) is 5.70 Å². The Balaban J connectivity index is 1.64. The zero-order valence-corrected chi connectivity index (χ0v) is 15.1. The van der Waals surface area contributed by atoms with Crippen molar-refractivity contribution in [3.05, 3.63) is 72.3 Å². The Morgan fingerprint density at radius 3 is 2.81 bits per heavy atom. The topological polar surface area (TPSA) is 53.4 Å². The van der Waals surface area contributed by atoms with Gasteiger partial charge in [-0.15, -0.1) is 0 Å². The number of imidazole rings is 1. The number of rotatable bonds is 2. The summed E-state index contributed by atoms with van der Waals surface area (Å²) >= 11 is 0. The number of piperazine rings is 1. The molecule has 3 aliphatic heterocycles. The number of fused-ring (bicyclic) bond motifs is 1. The number of nitrogens with zero attached hydrogens (tertiary/aromatic N) is 4. The predicted octanol–water partition coefficient (Wildman–Crippen LogP) is 2.02. The van der Waals surface area contributed by atoms with Crippen molar-refractivity contribution in [2.75, 3.05) is 19.6 Å². The van der Waals surface area contributed by atoms with Crippen molar-refractivity contribution in [3.63, 3.8) is 0 Å². The van der Waals surface area contributed by atoms with E-state index >= 15 is 0 Å². The Kier molecular flexibility index (Phi) is 4.34. The molecular formula is C20H23N5O. The fourth-order valence-electron chi connectivity index (χ4n) is 3.39. The normalized spacial score (nSPS) is 28.3. The summed E-state index contributed by atoms with van der Waals surface area (Å²) in [5, 5.41) is 3.45. The van der Waals surface area contributed by atoms with Crippen molar-refractivity contribution >= 4 is 11.6 Å². The first-order valence-electron chi connectivity index (χ1n) is 8.92. The Bertz CT molecular complexity index is 871. The minimum absolute atomic E-state index is 0.0630. The van der Waals surface area contributed by atoms with Crippen molar-refractivity contribution in [1.82, 2.24) is 24.7 Å². The highest BCUT2D eigenvalue weighted by molar-refractivity contribution is 5.96. The summed E-state index contributed by atoms with van der Waals surface area (Å²) in [7, 11) is 0. The third-order valence-corrected chi connectivity index (χ3v) is 4.75. The maximum Gasteiger partial charge on any atom is 0.257 e. The van der Waals surface area contributed by atoms with Crippen molar-refractivity contribution in [3.8, 4) is 0 Å². The molecule has 4 rings (SSSR count). The van der Waals surface area contributed by atoms with E-state index in [0.717, 1.165) is 42.4 Å². The third-order valence-electron chi connectivity index (χ3n) is 4.75. The lowest BCUT2D eigenvalue weighted by Crippen LogP contribution is -2.48. The minimum Gasteiger partial charge on any atom is -0.368 e. The Morgan fingerprint density at radius 2 is 2.04 bits per heavy atom. The van der Waals surface area contributed by atoms with Crippen LogP contribution in [0.3, 0.4) is 0 Å². The van der Waals surface area contributed by atoms with Gasteiger partial charge >= 0.3 is 0 Å². The van der Waals surface area contributed by atoms with Crippen LogP contribution in [0.15, 0.2) is 66.6 Å². The summed E-state index contributed by atoms with van der Waals surface area (Å²) in [5.74, 6) is -0.0630. The molecule has 4 heterocycles. The molecule has 1 atom stereocenters. The maximum atomic E-state index is 12.9. The van der Waals surface area contributed by atoms with Gasteiger partial charge in [-0.1, -0.05) is 6.08 Å². The first-order valence-corrected chi connectivity index (χ1v) is 8.92. The molecule has 3 aliphatic rings. The van der Waals surface area contributed by atoms with Crippen molar-refractivity contribution in [2.45, 2.75) is 19.9 Å². The lowest BCUT2D eigenvalue weighted by molar-refractivity contribution is -0.122. The number of hydrogen-bond donors (Lipinski definition) is 1. The molecule has 134 valence electrons. The molecule has 6 heteroatoms. The van der Waals surface area contributed by atoms with Crippen molar-refractivity contribution in [1.29, 1.82) is 0 Å². The van der Waals surface area contributed by atoms with Gasteiger partial charge in [-0.05, 0) is 38.2 Å². The van der Waals surface area contributed by atoms with Crippen LogP contribution >= 0.6 is 0 Å². The van der Waals surface area contributed by atoms with E-state index in [1.807, 2.05) is 48.2 Å². The van der Waals surface area contributed by atoms with Gasteiger partial charge in [0.05, 0.1) is 23.4 Å². The molecule has 6 nitrogen and oxygen atoms in total. The molecule has 0 saturated carbocycles. The average Bonchev–Trinajstić information content (AvgIpc) is 3.05. The first kappa shape index (κ1) is 16.6. The minimum atomic E-state index is -0.0630. The molecule has 0 spiro atoms. The van der Waals surface area contributed by atoms with Crippen LogP contribution in [0.4, 0.5) is 0 Å². The molecule has 0 aliphatic carbocycles. The maximum absolute atomic E-state index is 12.9. The molecule has 0 unspecified atom stereocenters. The SMILES string of the molecule is Cc1cn(C2=C\C(=O)N3C=C(N4CCN[C@@H](C)C4)C=C\C3=C/C=C/2)cn1. The van der Waals surface area contributed by atoms with Crippen LogP contribution in [-0.2, 0) is 4.79 Å². The number of hydrogen-bond acceptors (Lipinski definition) is 4. The van der Waals surface area contributed by atoms with Gasteiger partial charge in [0, 0.05) is 49.8 Å². The number of allylic oxidation sites excluding steroid dienone is 6. The summed E-state index contributed by atoms with van der Waals surface area (Å²) in [6.07, 6.45) is 17.2. The van der Waals surface area contributed by atoms with E-state index in [-0.39, 0.29) is 5.91 Å². The van der Waals surface area contributed by atoms with Crippen LogP contribution in [0, 0.1) is 6.92 Å². The Morgan fingerprint density at radius 1 is 1.19 bits per heavy atom. The second-order valence-corrected chi connectivity index (χ2v) is 6.84. The molecule has 1 N–H and O–H groups in total. The van der Waals surface area contributed by atoms with E-state index in [1.54, 1.807) is 17.3 Å². The van der Waals surface area contributed by atoms with E-state index in [1.165, 1.54) is 0 Å². The van der Waals surface area contributed by atoms with Gasteiger partial charge in [-0.25, -0.2) is 4.98 Å². The molecule has 26 heavy (non-hydrogen) atoms. The molecule has 1 amide bonds. The first-order chi connectivity index (χ1) is 12.6. The van der Waals surface area contributed by atoms with E-state index < -0.39 is 0 Å². The highest BCUT2D eigenvalue weighted by Gasteiger charge is 2.23. The van der Waals surface area contributed by atoms with Gasteiger partial charge in [0.25, 0.3) is 5.91 Å². The lowest BCUT2D eigenvalue weighted by Gasteiger charge is -2.36. The second-order valence-electron chi connectivity index (χ2n) is 6.84. The van der Waals surface area contributed by atoms with Crippen LogP contribution in [0.1, 0.15) is 12.6 Å². The molecule has 1 fully saturated rings. The zero-order chi connectivity index (χ0) is 18.1. The zero-order valence-electron chi connectivity index (χ0n) is 15.1. The highest BCUT2D eigenvalue weighted by atomic mass is 16.2. The van der Waals surface area contributed by atoms with Gasteiger partial charge < -0.3 is 14.8 Å². The summed E-state index contributed by atoms with van der Waals surface area (Å²) < 4.78 is 1.87. The predicted molar refractivity (Wildman–Crippen MR) is 102 cm³/mol. The molecule has 1 aromatic rings. The lowest BCUT2D eigenvalue weighted by atomic mass is 10.1. The number of nitrogens with one attached hydrogen (secondary N) is 1. The fourth-order valence-corrected chi connectivity index (χ4v) is 3.39. The number of aromatic nitrogens is 2. The van der Waals surface area contributed by atoms with E-state index in [0.29, 0.717) is 6.04 Å². The standard InChI is InChI=1S/C20H23N5O/c1-15-11-23(9-8-21-15)19-7-6-17-4-3-5-18(10-20(26)25(17)13-19)24-12-16(2)22-14-24/h3-7,10,12-15,21H,8-9,11H2,1-2H3/b5-3+,17-4+,18-10+/t15-/m0/s1. The monoisotopic (exact) mass is 349 g/mol. The van der Waals surface area contributed by atoms with Crippen LogP contribution in [-0.4, -0.2) is 50.9 Å². The molecule has 1 saturated heterocycles. The van der Waals surface area contributed by atoms with Crippen molar-refractivity contribution in [2.24, 2.45) is 0 Å². The Labute approximate surface area is 153 Å². The molecule has 0 bridgehead atoms. The summed E-state index contributed by atoms with van der Waals surface area (Å²) in [4.78, 5) is 21.2. The number of amides is 1. The number of carbonyl (C=O) groups excluding carboxylic acids is 1. The van der Waals surface area contributed by atoms with Gasteiger partial charge in [-0.3, -0.25) is 9.69 Å². The summed E-state index contributed by atoms with van der Waals surface area (Å²) in [6, 6.07) is 0.442. The molecule has 0 radical (unpaired) electrons. The van der Waals surface area contributed by atoms with E-state index in [2.05, 4.69) is 28.2 Å². The molecule has 0 aromatic carbocycles.